The normalized spacial score (nSPS) is 37.6. The molecule has 0 aromatic heterocycles. The van der Waals surface area contributed by atoms with E-state index in [0.717, 1.165) is 50.1 Å². The fourth-order valence-corrected chi connectivity index (χ4v) is 6.60. The zero-order valence-electron chi connectivity index (χ0n) is 14.7. The first-order valence-electron chi connectivity index (χ1n) is 9.79. The van der Waals surface area contributed by atoms with E-state index in [-0.39, 0.29) is 11.9 Å². The van der Waals surface area contributed by atoms with Gasteiger partial charge in [0.15, 0.2) is 4.84 Å². The minimum atomic E-state index is -1.02. The number of piperidine rings is 1. The summed E-state index contributed by atoms with van der Waals surface area (Å²) < 4.78 is 0. The van der Waals surface area contributed by atoms with Crippen molar-refractivity contribution in [1.82, 2.24) is 10.2 Å². The molecule has 0 atom stereocenters. The van der Waals surface area contributed by atoms with Crippen molar-refractivity contribution < 1.29 is 9.59 Å². The molecule has 6 heteroatoms. The number of carbonyl (C=O) groups is 2. The Balaban J connectivity index is 1.29. The zero-order chi connectivity index (χ0) is 17.6. The van der Waals surface area contributed by atoms with E-state index in [9.17, 15) is 9.59 Å². The molecule has 5 rings (SSSR count). The molecule has 0 radical (unpaired) electrons. The maximum absolute atomic E-state index is 12.9. The lowest BCUT2D eigenvalue weighted by molar-refractivity contribution is -0.140. The highest BCUT2D eigenvalue weighted by atomic mass is 35.5. The van der Waals surface area contributed by atoms with Crippen molar-refractivity contribution in [2.24, 2.45) is 23.2 Å². The number of likely N-dealkylation sites (tertiary alicyclic amines) is 1. The van der Waals surface area contributed by atoms with Crippen molar-refractivity contribution in [3.05, 3.63) is 0 Å². The second-order valence-corrected chi connectivity index (χ2v) is 10.2. The summed E-state index contributed by atoms with van der Waals surface area (Å²) in [6.45, 7) is 1.46. The minimum Gasteiger partial charge on any atom is -0.351 e. The number of nitrogens with zero attached hydrogens (tertiary/aromatic N) is 1. The fraction of sp³-hybridized carbons (Fsp3) is 0.895. The molecule has 0 aromatic rings. The highest BCUT2D eigenvalue weighted by molar-refractivity contribution is 6.53. The van der Waals surface area contributed by atoms with Gasteiger partial charge in [-0.15, -0.1) is 0 Å². The second-order valence-electron chi connectivity index (χ2n) is 9.06. The lowest BCUT2D eigenvalue weighted by atomic mass is 9.49. The molecule has 0 aromatic carbocycles. The molecule has 4 aliphatic carbocycles. The highest BCUT2D eigenvalue weighted by Crippen LogP contribution is 2.61. The summed E-state index contributed by atoms with van der Waals surface area (Å²) in [7, 11) is 0. The first kappa shape index (κ1) is 17.9. The molecule has 140 valence electrons. The first-order valence-corrected chi connectivity index (χ1v) is 10.7. The van der Waals surface area contributed by atoms with E-state index in [0.29, 0.717) is 11.3 Å². The van der Waals surface area contributed by atoms with E-state index < -0.39 is 4.84 Å². The molecule has 2 amide bonds. The molecule has 0 unspecified atom stereocenters. The number of rotatable bonds is 4. The number of carbonyl (C=O) groups excluding carboxylic acids is 2. The summed E-state index contributed by atoms with van der Waals surface area (Å²) in [5.74, 6) is 2.66. The van der Waals surface area contributed by atoms with Gasteiger partial charge in [0.1, 0.15) is 0 Å². The van der Waals surface area contributed by atoms with Crippen molar-refractivity contribution >= 4 is 35.0 Å². The molecule has 0 spiro atoms. The van der Waals surface area contributed by atoms with Gasteiger partial charge in [-0.1, -0.05) is 23.2 Å². The minimum absolute atomic E-state index is 0.0797. The van der Waals surface area contributed by atoms with Crippen molar-refractivity contribution in [2.75, 3.05) is 13.1 Å². The molecule has 1 saturated heterocycles. The van der Waals surface area contributed by atoms with Gasteiger partial charge in [0.2, 0.25) is 5.91 Å². The number of alkyl halides is 2. The van der Waals surface area contributed by atoms with Crippen LogP contribution in [-0.4, -0.2) is 40.7 Å². The molecule has 4 bridgehead atoms. The molecule has 5 aliphatic rings. The SMILES string of the molecule is O=C(NC1CCN(C(=O)CC23CC4CC(CC(C4)C2)C3)CC1)C(Cl)Cl. The average Bonchev–Trinajstić information content (AvgIpc) is 2.53. The van der Waals surface area contributed by atoms with Crippen LogP contribution in [0, 0.1) is 23.2 Å². The van der Waals surface area contributed by atoms with Gasteiger partial charge in [-0.05, 0) is 74.5 Å². The number of hydrogen-bond acceptors (Lipinski definition) is 2. The van der Waals surface area contributed by atoms with Crippen molar-refractivity contribution in [2.45, 2.75) is 68.7 Å². The fourth-order valence-electron chi connectivity index (χ4n) is 6.48. The Morgan fingerprint density at radius 1 is 1.00 bits per heavy atom. The smallest absolute Gasteiger partial charge is 0.253 e. The molecule has 25 heavy (non-hydrogen) atoms. The van der Waals surface area contributed by atoms with Crippen LogP contribution in [0.4, 0.5) is 0 Å². The quantitative estimate of drug-likeness (QED) is 0.751. The molecule has 1 heterocycles. The molecule has 1 aliphatic heterocycles. The molecular formula is C19H28Cl2N2O2. The van der Waals surface area contributed by atoms with Crippen LogP contribution in [0.5, 0.6) is 0 Å². The van der Waals surface area contributed by atoms with E-state index >= 15 is 0 Å². The molecule has 1 N–H and O–H groups in total. The Kier molecular flexibility index (Phi) is 4.96. The summed E-state index contributed by atoms with van der Waals surface area (Å²) >= 11 is 11.2. The van der Waals surface area contributed by atoms with Crippen molar-refractivity contribution in [3.63, 3.8) is 0 Å². The van der Waals surface area contributed by atoms with Gasteiger partial charge < -0.3 is 10.2 Å². The van der Waals surface area contributed by atoms with E-state index in [2.05, 4.69) is 5.32 Å². The summed E-state index contributed by atoms with van der Waals surface area (Å²) in [5.41, 5.74) is 0.307. The summed E-state index contributed by atoms with van der Waals surface area (Å²) in [6.07, 6.45) is 10.4. The lowest BCUT2D eigenvalue weighted by Gasteiger charge is -2.57. The van der Waals surface area contributed by atoms with E-state index in [1.54, 1.807) is 0 Å². The predicted molar refractivity (Wildman–Crippen MR) is 98.5 cm³/mol. The second kappa shape index (κ2) is 6.92. The monoisotopic (exact) mass is 386 g/mol. The van der Waals surface area contributed by atoms with Gasteiger partial charge in [-0.25, -0.2) is 0 Å². The Bertz CT molecular complexity index is 508. The molecule has 4 nitrogen and oxygen atoms in total. The number of halogens is 2. The maximum Gasteiger partial charge on any atom is 0.253 e. The Morgan fingerprint density at radius 2 is 1.52 bits per heavy atom. The third kappa shape index (κ3) is 3.80. The standard InChI is InChI=1S/C19H28Cl2N2O2/c20-17(21)18(25)22-15-1-3-23(4-2-15)16(24)11-19-8-12-5-13(9-19)7-14(6-12)10-19/h12-15,17H,1-11H2,(H,22,25). The van der Waals surface area contributed by atoms with Crippen LogP contribution < -0.4 is 5.32 Å². The molecule has 4 saturated carbocycles. The maximum atomic E-state index is 12.9. The molecular weight excluding hydrogens is 359 g/mol. The van der Waals surface area contributed by atoms with Crippen molar-refractivity contribution in [1.29, 1.82) is 0 Å². The van der Waals surface area contributed by atoms with Gasteiger partial charge >= 0.3 is 0 Å². The van der Waals surface area contributed by atoms with Crippen molar-refractivity contribution in [3.8, 4) is 0 Å². The van der Waals surface area contributed by atoms with Crippen LogP contribution in [0.2, 0.25) is 0 Å². The van der Waals surface area contributed by atoms with Crippen LogP contribution in [-0.2, 0) is 9.59 Å². The van der Waals surface area contributed by atoms with E-state index in [1.165, 1.54) is 38.5 Å². The predicted octanol–water partition coefficient (Wildman–Crippen LogP) is 3.50. The lowest BCUT2D eigenvalue weighted by Crippen LogP contribution is -2.51. The largest absolute Gasteiger partial charge is 0.351 e. The van der Waals surface area contributed by atoms with Crippen LogP contribution in [0.25, 0.3) is 0 Å². The number of amides is 2. The molecule has 5 fully saturated rings. The topological polar surface area (TPSA) is 49.4 Å². The van der Waals surface area contributed by atoms with Crippen LogP contribution in [0.15, 0.2) is 0 Å². The van der Waals surface area contributed by atoms with Gasteiger partial charge in [-0.3, -0.25) is 9.59 Å². The summed E-state index contributed by atoms with van der Waals surface area (Å²) in [4.78, 5) is 25.5. The Morgan fingerprint density at radius 3 is 2.00 bits per heavy atom. The van der Waals surface area contributed by atoms with Crippen LogP contribution >= 0.6 is 23.2 Å². The van der Waals surface area contributed by atoms with E-state index in [4.69, 9.17) is 23.2 Å². The van der Waals surface area contributed by atoms with Crippen LogP contribution in [0.3, 0.4) is 0 Å². The Labute approximate surface area is 160 Å². The zero-order valence-corrected chi connectivity index (χ0v) is 16.2. The third-order valence-electron chi connectivity index (χ3n) is 7.08. The third-order valence-corrected chi connectivity index (χ3v) is 7.48. The first-order chi connectivity index (χ1) is 11.9. The summed E-state index contributed by atoms with van der Waals surface area (Å²) in [5, 5.41) is 2.86. The van der Waals surface area contributed by atoms with Gasteiger partial charge in [-0.2, -0.15) is 0 Å². The van der Waals surface area contributed by atoms with Gasteiger partial charge in [0.25, 0.3) is 5.91 Å². The van der Waals surface area contributed by atoms with Gasteiger partial charge in [0, 0.05) is 25.6 Å². The highest BCUT2D eigenvalue weighted by Gasteiger charge is 2.51. The van der Waals surface area contributed by atoms with Crippen LogP contribution in [0.1, 0.15) is 57.8 Å². The van der Waals surface area contributed by atoms with Gasteiger partial charge in [0.05, 0.1) is 0 Å². The number of hydrogen-bond donors (Lipinski definition) is 1. The average molecular weight is 387 g/mol. The Hall–Kier alpha value is -0.480. The summed E-state index contributed by atoms with van der Waals surface area (Å²) in [6, 6.07) is 0.0797. The number of nitrogens with one attached hydrogen (secondary N) is 1. The van der Waals surface area contributed by atoms with E-state index in [1.807, 2.05) is 4.90 Å².